The number of amides is 1. The molecule has 1 aliphatic rings. The molecule has 0 aromatic carbocycles. The minimum atomic E-state index is -0.366. The number of hydrogen-bond donors (Lipinski definition) is 2. The number of carbonyl (C=O) groups is 1. The molecule has 0 saturated carbocycles. The van der Waals surface area contributed by atoms with Crippen molar-refractivity contribution in [2.75, 3.05) is 13.6 Å². The predicted octanol–water partition coefficient (Wildman–Crippen LogP) is 0.295. The maximum atomic E-state index is 12.4. The normalized spacial score (nSPS) is 23.9. The molecule has 6 heteroatoms. The van der Waals surface area contributed by atoms with Gasteiger partial charge in [0.2, 0.25) is 5.91 Å². The summed E-state index contributed by atoms with van der Waals surface area (Å²) in [5.74, 6) is 0.860. The Hall–Kier alpha value is -1.43. The monoisotopic (exact) mass is 237 g/mol. The van der Waals surface area contributed by atoms with Gasteiger partial charge in [-0.1, -0.05) is 6.92 Å². The third-order valence-corrected chi connectivity index (χ3v) is 3.46. The minimum Gasteiger partial charge on any atom is -0.337 e. The zero-order valence-corrected chi connectivity index (χ0v) is 10.4. The summed E-state index contributed by atoms with van der Waals surface area (Å²) in [5.41, 5.74) is -0.366. The van der Waals surface area contributed by atoms with Crippen molar-refractivity contribution in [3.05, 3.63) is 12.2 Å². The molecular weight excluding hydrogens is 218 g/mol. The maximum absolute atomic E-state index is 12.4. The van der Waals surface area contributed by atoms with Crippen molar-refractivity contribution in [2.45, 2.75) is 38.3 Å². The highest BCUT2D eigenvalue weighted by Gasteiger charge is 2.40. The number of nitrogens with zero attached hydrogens (tertiary/aromatic N) is 3. The molecule has 1 saturated heterocycles. The molecule has 17 heavy (non-hydrogen) atoms. The summed E-state index contributed by atoms with van der Waals surface area (Å²) < 4.78 is 0. The van der Waals surface area contributed by atoms with Crippen LogP contribution in [0.2, 0.25) is 0 Å². The van der Waals surface area contributed by atoms with Gasteiger partial charge in [-0.25, -0.2) is 4.98 Å². The number of aromatic amines is 1. The van der Waals surface area contributed by atoms with Gasteiger partial charge >= 0.3 is 0 Å². The topological polar surface area (TPSA) is 73.9 Å². The Morgan fingerprint density at radius 1 is 1.65 bits per heavy atom. The van der Waals surface area contributed by atoms with E-state index in [4.69, 9.17) is 0 Å². The molecule has 94 valence electrons. The van der Waals surface area contributed by atoms with E-state index >= 15 is 0 Å². The lowest BCUT2D eigenvalue weighted by molar-refractivity contribution is -0.137. The van der Waals surface area contributed by atoms with Crippen LogP contribution in [0.15, 0.2) is 6.33 Å². The van der Waals surface area contributed by atoms with E-state index in [1.54, 1.807) is 4.90 Å². The molecule has 1 aromatic rings. The van der Waals surface area contributed by atoms with Crippen LogP contribution in [0, 0.1) is 0 Å². The van der Waals surface area contributed by atoms with E-state index in [1.165, 1.54) is 6.33 Å². The van der Waals surface area contributed by atoms with Crippen LogP contribution in [0.1, 0.15) is 32.0 Å². The Morgan fingerprint density at radius 2 is 2.47 bits per heavy atom. The molecule has 1 aliphatic heterocycles. The first kappa shape index (κ1) is 12.0. The van der Waals surface area contributed by atoms with Gasteiger partial charge in [0.1, 0.15) is 12.2 Å². The molecule has 2 N–H and O–H groups in total. The van der Waals surface area contributed by atoms with Crippen molar-refractivity contribution < 1.29 is 4.79 Å². The van der Waals surface area contributed by atoms with Crippen molar-refractivity contribution in [1.82, 2.24) is 25.4 Å². The molecule has 2 rings (SSSR count). The molecule has 0 spiro atoms. The highest BCUT2D eigenvalue weighted by Crippen LogP contribution is 2.25. The van der Waals surface area contributed by atoms with Gasteiger partial charge in [-0.15, -0.1) is 0 Å². The number of nitrogens with one attached hydrogen (secondary N) is 2. The Labute approximate surface area is 101 Å². The quantitative estimate of drug-likeness (QED) is 0.789. The minimum absolute atomic E-state index is 0.147. The summed E-state index contributed by atoms with van der Waals surface area (Å²) in [7, 11) is 1.81. The molecule has 1 fully saturated rings. The summed E-state index contributed by atoms with van der Waals surface area (Å²) in [4.78, 5) is 18.2. The smallest absolute Gasteiger partial charge is 0.243 e. The molecule has 2 heterocycles. The average Bonchev–Trinajstić information content (AvgIpc) is 2.99. The molecular formula is C11H19N5O. The van der Waals surface area contributed by atoms with E-state index in [9.17, 15) is 4.79 Å². The number of hydrogen-bond acceptors (Lipinski definition) is 4. The fraction of sp³-hybridized carbons (Fsp3) is 0.727. The first-order chi connectivity index (χ1) is 8.18. The van der Waals surface area contributed by atoms with Crippen LogP contribution in [0.25, 0.3) is 0 Å². The van der Waals surface area contributed by atoms with E-state index in [2.05, 4.69) is 27.4 Å². The fourth-order valence-electron chi connectivity index (χ4n) is 2.41. The number of likely N-dealkylation sites (N-methyl/N-ethyl adjacent to an activating group) is 1. The van der Waals surface area contributed by atoms with Crippen LogP contribution in [0.3, 0.4) is 0 Å². The Kier molecular flexibility index (Phi) is 3.42. The molecule has 6 nitrogen and oxygen atoms in total. The number of H-pyrrole nitrogens is 1. The van der Waals surface area contributed by atoms with Crippen LogP contribution in [-0.2, 0) is 11.3 Å². The van der Waals surface area contributed by atoms with E-state index in [0.717, 1.165) is 25.8 Å². The van der Waals surface area contributed by atoms with Crippen molar-refractivity contribution in [3.63, 3.8) is 0 Å². The zero-order chi connectivity index (χ0) is 12.3. The maximum Gasteiger partial charge on any atom is 0.243 e. The molecule has 0 radical (unpaired) electrons. The number of aromatic nitrogens is 3. The highest BCUT2D eigenvalue weighted by atomic mass is 16.2. The van der Waals surface area contributed by atoms with Gasteiger partial charge in [0.15, 0.2) is 0 Å². The lowest BCUT2D eigenvalue weighted by Crippen LogP contribution is -2.53. The summed E-state index contributed by atoms with van der Waals surface area (Å²) in [6.07, 6.45) is 4.27. The second-order valence-electron chi connectivity index (χ2n) is 4.56. The van der Waals surface area contributed by atoms with E-state index in [-0.39, 0.29) is 11.4 Å². The number of carbonyl (C=O) groups excluding carboxylic acids is 1. The zero-order valence-electron chi connectivity index (χ0n) is 10.4. The van der Waals surface area contributed by atoms with E-state index < -0.39 is 0 Å². The third-order valence-electron chi connectivity index (χ3n) is 3.46. The van der Waals surface area contributed by atoms with E-state index in [0.29, 0.717) is 12.4 Å². The van der Waals surface area contributed by atoms with Gasteiger partial charge in [-0.3, -0.25) is 9.89 Å². The summed E-state index contributed by atoms with van der Waals surface area (Å²) in [5, 5.41) is 9.89. The lowest BCUT2D eigenvalue weighted by atomic mass is 9.92. The highest BCUT2D eigenvalue weighted by molar-refractivity contribution is 5.86. The van der Waals surface area contributed by atoms with Crippen molar-refractivity contribution in [2.24, 2.45) is 0 Å². The van der Waals surface area contributed by atoms with Gasteiger partial charge in [0.25, 0.3) is 0 Å². The fourth-order valence-corrected chi connectivity index (χ4v) is 2.41. The van der Waals surface area contributed by atoms with Gasteiger partial charge < -0.3 is 10.2 Å². The molecule has 1 atom stereocenters. The molecule has 0 aliphatic carbocycles. The van der Waals surface area contributed by atoms with Crippen molar-refractivity contribution in [3.8, 4) is 0 Å². The summed E-state index contributed by atoms with van der Waals surface area (Å²) >= 11 is 0. The summed E-state index contributed by atoms with van der Waals surface area (Å²) in [6, 6.07) is 0. The van der Waals surface area contributed by atoms with Crippen LogP contribution in [-0.4, -0.2) is 45.1 Å². The largest absolute Gasteiger partial charge is 0.337 e. The first-order valence-corrected chi connectivity index (χ1v) is 6.03. The average molecular weight is 237 g/mol. The van der Waals surface area contributed by atoms with Crippen LogP contribution in [0.4, 0.5) is 0 Å². The van der Waals surface area contributed by atoms with Crippen molar-refractivity contribution in [1.29, 1.82) is 0 Å². The lowest BCUT2D eigenvalue weighted by Gasteiger charge is -2.31. The van der Waals surface area contributed by atoms with Crippen molar-refractivity contribution >= 4 is 5.91 Å². The predicted molar refractivity (Wildman–Crippen MR) is 63.1 cm³/mol. The Bertz CT molecular complexity index is 369. The Morgan fingerprint density at radius 3 is 3.00 bits per heavy atom. The molecule has 1 amide bonds. The van der Waals surface area contributed by atoms with Gasteiger partial charge in [0, 0.05) is 7.05 Å². The second kappa shape index (κ2) is 4.83. The molecule has 1 unspecified atom stereocenters. The first-order valence-electron chi connectivity index (χ1n) is 6.03. The Balaban J connectivity index is 2.03. The SMILES string of the molecule is CCC1(C(=O)N(C)Cc2ncn[nH]2)CCCN1. The number of rotatable bonds is 4. The molecule has 1 aromatic heterocycles. The standard InChI is InChI=1S/C11H19N5O/c1-3-11(5-4-6-13-11)10(17)16(2)7-9-12-8-14-15-9/h8,13H,3-7H2,1-2H3,(H,12,14,15). The van der Waals surface area contributed by atoms with E-state index in [1.807, 2.05) is 7.05 Å². The molecule has 0 bridgehead atoms. The van der Waals surface area contributed by atoms with Gasteiger partial charge in [-0.05, 0) is 25.8 Å². The van der Waals surface area contributed by atoms with Crippen LogP contribution in [0.5, 0.6) is 0 Å². The van der Waals surface area contributed by atoms with Crippen LogP contribution >= 0.6 is 0 Å². The van der Waals surface area contributed by atoms with Gasteiger partial charge in [-0.2, -0.15) is 5.10 Å². The van der Waals surface area contributed by atoms with Crippen LogP contribution < -0.4 is 5.32 Å². The van der Waals surface area contributed by atoms with Gasteiger partial charge in [0.05, 0.1) is 12.1 Å². The summed E-state index contributed by atoms with van der Waals surface area (Å²) in [6.45, 7) is 3.45. The second-order valence-corrected chi connectivity index (χ2v) is 4.56. The third kappa shape index (κ3) is 2.31.